The van der Waals surface area contributed by atoms with Crippen LogP contribution in [0.15, 0.2) is 0 Å². The van der Waals surface area contributed by atoms with E-state index < -0.39 is 0 Å². The van der Waals surface area contributed by atoms with Gasteiger partial charge in [0, 0.05) is 31.7 Å². The Morgan fingerprint density at radius 2 is 2.11 bits per heavy atom. The average Bonchev–Trinajstić information content (AvgIpc) is 2.71. The zero-order valence-corrected chi connectivity index (χ0v) is 12.5. The van der Waals surface area contributed by atoms with Gasteiger partial charge in [-0.3, -0.25) is 9.80 Å². The topological polar surface area (TPSA) is 44.3 Å². The lowest BCUT2D eigenvalue weighted by Gasteiger charge is -2.45. The number of aromatic nitrogens is 2. The fourth-order valence-corrected chi connectivity index (χ4v) is 3.06. The van der Waals surface area contributed by atoms with Crippen molar-refractivity contribution in [2.24, 2.45) is 0 Å². The molecule has 0 unspecified atom stereocenters. The summed E-state index contributed by atoms with van der Waals surface area (Å²) in [6.07, 6.45) is 0. The molecule has 0 amide bonds. The molecule has 1 fully saturated rings. The second-order valence-electron chi connectivity index (χ2n) is 5.48. The summed E-state index contributed by atoms with van der Waals surface area (Å²) in [5.74, 6) is 0. The average molecular weight is 269 g/mol. The lowest BCUT2D eigenvalue weighted by Crippen LogP contribution is -2.57. The second kappa shape index (κ2) is 5.50. The highest BCUT2D eigenvalue weighted by atomic mass is 32.1. The lowest BCUT2D eigenvalue weighted by molar-refractivity contribution is 0.0359. The van der Waals surface area contributed by atoms with Crippen molar-refractivity contribution in [1.82, 2.24) is 20.0 Å². The van der Waals surface area contributed by atoms with Gasteiger partial charge in [0.15, 0.2) is 0 Å². The van der Waals surface area contributed by atoms with Crippen molar-refractivity contribution in [3.63, 3.8) is 0 Å². The van der Waals surface area contributed by atoms with Crippen LogP contribution in [0.3, 0.4) is 0 Å². The predicted molar refractivity (Wildman–Crippen MR) is 76.1 cm³/mol. The van der Waals surface area contributed by atoms with Crippen LogP contribution in [-0.4, -0.2) is 58.8 Å². The molecule has 2 heterocycles. The van der Waals surface area contributed by atoms with E-state index in [1.165, 1.54) is 0 Å². The number of nitrogens with one attached hydrogen (secondary N) is 1. The molecule has 1 aromatic rings. The number of anilines is 1. The van der Waals surface area contributed by atoms with E-state index in [4.69, 9.17) is 0 Å². The van der Waals surface area contributed by atoms with E-state index >= 15 is 0 Å². The molecule has 102 valence electrons. The van der Waals surface area contributed by atoms with E-state index in [1.54, 1.807) is 11.3 Å². The van der Waals surface area contributed by atoms with Gasteiger partial charge in [-0.25, -0.2) is 0 Å². The molecule has 0 radical (unpaired) electrons. The molecule has 0 atom stereocenters. The monoisotopic (exact) mass is 269 g/mol. The molecular weight excluding hydrogens is 246 g/mol. The molecule has 18 heavy (non-hydrogen) atoms. The highest BCUT2D eigenvalue weighted by Gasteiger charge is 2.31. The second-order valence-corrected chi connectivity index (χ2v) is 6.54. The molecule has 6 heteroatoms. The van der Waals surface area contributed by atoms with Gasteiger partial charge < -0.3 is 5.32 Å². The zero-order valence-electron chi connectivity index (χ0n) is 11.7. The van der Waals surface area contributed by atoms with E-state index in [-0.39, 0.29) is 5.54 Å². The zero-order chi connectivity index (χ0) is 13.2. The number of rotatable bonds is 4. The Kier molecular flexibility index (Phi) is 4.19. The van der Waals surface area contributed by atoms with Gasteiger partial charge in [0.1, 0.15) is 5.01 Å². The molecule has 1 aromatic heterocycles. The molecule has 1 aliphatic heterocycles. The Morgan fingerprint density at radius 3 is 2.78 bits per heavy atom. The molecule has 0 spiro atoms. The third-order valence-corrected chi connectivity index (χ3v) is 4.41. The number of likely N-dealkylation sites (N-methyl/N-ethyl adjacent to an activating group) is 1. The maximum absolute atomic E-state index is 4.25. The van der Waals surface area contributed by atoms with Crippen molar-refractivity contribution in [3.05, 3.63) is 5.01 Å². The largest absolute Gasteiger partial charge is 0.360 e. The van der Waals surface area contributed by atoms with Crippen molar-refractivity contribution in [2.75, 3.05) is 38.5 Å². The summed E-state index contributed by atoms with van der Waals surface area (Å²) in [6, 6.07) is 0. The minimum Gasteiger partial charge on any atom is -0.360 e. The molecule has 1 saturated heterocycles. The Morgan fingerprint density at radius 1 is 1.33 bits per heavy atom. The molecule has 5 nitrogen and oxygen atoms in total. The smallest absolute Gasteiger partial charge is 0.205 e. The summed E-state index contributed by atoms with van der Waals surface area (Å²) in [5, 5.41) is 13.6. The number of piperazine rings is 1. The third kappa shape index (κ3) is 3.18. The van der Waals surface area contributed by atoms with Crippen molar-refractivity contribution >= 4 is 16.5 Å². The summed E-state index contributed by atoms with van der Waals surface area (Å²) >= 11 is 1.66. The first kappa shape index (κ1) is 13.7. The van der Waals surface area contributed by atoms with Gasteiger partial charge in [0.05, 0.1) is 6.54 Å². The first-order chi connectivity index (χ1) is 8.51. The van der Waals surface area contributed by atoms with Crippen LogP contribution < -0.4 is 5.32 Å². The molecule has 0 aromatic carbocycles. The number of nitrogens with zero attached hydrogens (tertiary/aromatic N) is 4. The fourth-order valence-electron chi connectivity index (χ4n) is 2.21. The lowest BCUT2D eigenvalue weighted by atomic mass is 10.00. The molecule has 0 aliphatic carbocycles. The summed E-state index contributed by atoms with van der Waals surface area (Å²) < 4.78 is 0. The van der Waals surface area contributed by atoms with Gasteiger partial charge >= 0.3 is 0 Å². The molecule has 1 aliphatic rings. The van der Waals surface area contributed by atoms with E-state index in [0.29, 0.717) is 0 Å². The van der Waals surface area contributed by atoms with Crippen molar-refractivity contribution < 1.29 is 0 Å². The minimum absolute atomic E-state index is 0.243. The summed E-state index contributed by atoms with van der Waals surface area (Å²) in [7, 11) is 2.20. The quantitative estimate of drug-likeness (QED) is 0.897. The first-order valence-corrected chi connectivity index (χ1v) is 7.33. The van der Waals surface area contributed by atoms with Gasteiger partial charge in [0.25, 0.3) is 0 Å². The van der Waals surface area contributed by atoms with Crippen LogP contribution in [0.4, 0.5) is 5.13 Å². The van der Waals surface area contributed by atoms with Crippen LogP contribution in [0.25, 0.3) is 0 Å². The molecule has 0 bridgehead atoms. The Hall–Kier alpha value is -0.720. The Bertz CT molecular complexity index is 390. The molecule has 1 N–H and O–H groups in total. The van der Waals surface area contributed by atoms with Crippen LogP contribution in [0, 0.1) is 0 Å². The van der Waals surface area contributed by atoms with E-state index in [9.17, 15) is 0 Å². The standard InChI is InChI=1S/C12H23N5S/c1-5-13-11-15-14-10(18-11)8-17-7-6-16(4)12(2,3)9-17/h5-9H2,1-4H3,(H,13,15). The van der Waals surface area contributed by atoms with Crippen LogP contribution in [0.1, 0.15) is 25.8 Å². The fraction of sp³-hybridized carbons (Fsp3) is 0.833. The maximum atomic E-state index is 4.25. The van der Waals surface area contributed by atoms with E-state index in [0.717, 1.165) is 42.9 Å². The molecule has 2 rings (SSSR count). The summed E-state index contributed by atoms with van der Waals surface area (Å²) in [5.41, 5.74) is 0.243. The third-order valence-electron chi connectivity index (χ3n) is 3.55. The van der Waals surface area contributed by atoms with Crippen LogP contribution in [0.2, 0.25) is 0 Å². The molecular formula is C12H23N5S. The van der Waals surface area contributed by atoms with Crippen molar-refractivity contribution in [1.29, 1.82) is 0 Å². The Balaban J connectivity index is 1.93. The maximum Gasteiger partial charge on any atom is 0.205 e. The van der Waals surface area contributed by atoms with Gasteiger partial charge in [-0.15, -0.1) is 10.2 Å². The molecule has 0 saturated carbocycles. The summed E-state index contributed by atoms with van der Waals surface area (Å²) in [6.45, 7) is 11.8. The number of hydrogen-bond acceptors (Lipinski definition) is 6. The highest BCUT2D eigenvalue weighted by molar-refractivity contribution is 7.15. The minimum atomic E-state index is 0.243. The Labute approximate surface area is 113 Å². The SMILES string of the molecule is CCNc1nnc(CN2CCN(C)C(C)(C)C2)s1. The van der Waals surface area contributed by atoms with Crippen LogP contribution in [0.5, 0.6) is 0 Å². The number of hydrogen-bond donors (Lipinski definition) is 1. The van der Waals surface area contributed by atoms with E-state index in [1.807, 2.05) is 0 Å². The van der Waals surface area contributed by atoms with Gasteiger partial charge in [-0.05, 0) is 27.8 Å². The summed E-state index contributed by atoms with van der Waals surface area (Å²) in [4.78, 5) is 4.89. The van der Waals surface area contributed by atoms with Crippen molar-refractivity contribution in [2.45, 2.75) is 32.9 Å². The van der Waals surface area contributed by atoms with Gasteiger partial charge in [0.2, 0.25) is 5.13 Å². The first-order valence-electron chi connectivity index (χ1n) is 6.51. The van der Waals surface area contributed by atoms with Gasteiger partial charge in [-0.1, -0.05) is 11.3 Å². The normalized spacial score (nSPS) is 21.1. The van der Waals surface area contributed by atoms with Crippen molar-refractivity contribution in [3.8, 4) is 0 Å². The highest BCUT2D eigenvalue weighted by Crippen LogP contribution is 2.22. The van der Waals surface area contributed by atoms with Gasteiger partial charge in [-0.2, -0.15) is 0 Å². The van der Waals surface area contributed by atoms with Crippen LogP contribution in [-0.2, 0) is 6.54 Å². The van der Waals surface area contributed by atoms with Crippen LogP contribution >= 0.6 is 11.3 Å². The van der Waals surface area contributed by atoms with E-state index in [2.05, 4.69) is 53.1 Å². The predicted octanol–water partition coefficient (Wildman–Crippen LogP) is 1.50.